The summed E-state index contributed by atoms with van der Waals surface area (Å²) >= 11 is 0. The van der Waals surface area contributed by atoms with E-state index in [9.17, 15) is 0 Å². The van der Waals surface area contributed by atoms with Gasteiger partial charge in [0.2, 0.25) is 0 Å². The van der Waals surface area contributed by atoms with E-state index < -0.39 is 0 Å². The first-order valence-electron chi connectivity index (χ1n) is 7.10. The average Bonchev–Trinajstić information content (AvgIpc) is 2.50. The molecule has 0 bridgehead atoms. The molecule has 20 heavy (non-hydrogen) atoms. The molecule has 0 aliphatic carbocycles. The molecule has 1 aromatic carbocycles. The minimum absolute atomic E-state index is 0.0321. The average molecular weight is 275 g/mol. The minimum atomic E-state index is -0.295. The van der Waals surface area contributed by atoms with Crippen molar-refractivity contribution in [1.29, 1.82) is 0 Å². The van der Waals surface area contributed by atoms with E-state index in [-0.39, 0.29) is 17.3 Å². The van der Waals surface area contributed by atoms with Crippen molar-refractivity contribution >= 4 is 5.69 Å². The molecule has 0 spiro atoms. The number of nitrogens with two attached hydrogens (primary N) is 1. The standard InChI is InChI=1S/C17H25NO2/c1-6-7-12-10-13(18)8-9-14(12)19-15-11-16(2,3)20-17(15,4)5/h6,8-10,15H,1,7,11,18H2,2-5H3. The van der Waals surface area contributed by atoms with Gasteiger partial charge in [-0.3, -0.25) is 0 Å². The Morgan fingerprint density at radius 3 is 2.65 bits per heavy atom. The molecule has 0 radical (unpaired) electrons. The summed E-state index contributed by atoms with van der Waals surface area (Å²) in [4.78, 5) is 0. The summed E-state index contributed by atoms with van der Waals surface area (Å²) in [6.07, 6.45) is 3.52. The molecule has 1 aliphatic rings. The summed E-state index contributed by atoms with van der Waals surface area (Å²) in [6, 6.07) is 5.76. The third-order valence-corrected chi connectivity index (χ3v) is 3.71. The summed E-state index contributed by atoms with van der Waals surface area (Å²) in [6.45, 7) is 12.2. The Morgan fingerprint density at radius 2 is 2.10 bits per heavy atom. The fourth-order valence-electron chi connectivity index (χ4n) is 2.88. The molecule has 0 amide bonds. The van der Waals surface area contributed by atoms with E-state index in [1.807, 2.05) is 24.3 Å². The summed E-state index contributed by atoms with van der Waals surface area (Å²) < 4.78 is 12.3. The molecule has 1 fully saturated rings. The Bertz CT molecular complexity index is 506. The Balaban J connectivity index is 2.24. The lowest BCUT2D eigenvalue weighted by Crippen LogP contribution is -2.36. The van der Waals surface area contributed by atoms with Gasteiger partial charge < -0.3 is 15.2 Å². The molecule has 0 aromatic heterocycles. The highest BCUT2D eigenvalue weighted by molar-refractivity contribution is 5.48. The van der Waals surface area contributed by atoms with Crippen LogP contribution in [-0.4, -0.2) is 17.3 Å². The lowest BCUT2D eigenvalue weighted by atomic mass is 9.97. The van der Waals surface area contributed by atoms with Crippen molar-refractivity contribution < 1.29 is 9.47 Å². The summed E-state index contributed by atoms with van der Waals surface area (Å²) in [7, 11) is 0. The minimum Gasteiger partial charge on any atom is -0.487 e. The molecule has 1 atom stereocenters. The normalized spacial score (nSPS) is 23.5. The molecule has 110 valence electrons. The van der Waals surface area contributed by atoms with Crippen LogP contribution in [0.2, 0.25) is 0 Å². The fraction of sp³-hybridized carbons (Fsp3) is 0.529. The number of rotatable bonds is 4. The van der Waals surface area contributed by atoms with Gasteiger partial charge in [0.05, 0.1) is 5.60 Å². The van der Waals surface area contributed by atoms with Crippen molar-refractivity contribution in [2.24, 2.45) is 0 Å². The second-order valence-corrected chi connectivity index (χ2v) is 6.64. The van der Waals surface area contributed by atoms with E-state index in [0.29, 0.717) is 0 Å². The second-order valence-electron chi connectivity index (χ2n) is 6.64. The van der Waals surface area contributed by atoms with Crippen molar-refractivity contribution in [3.8, 4) is 5.75 Å². The molecule has 2 rings (SSSR count). The van der Waals surface area contributed by atoms with E-state index in [1.165, 1.54) is 0 Å². The topological polar surface area (TPSA) is 44.5 Å². The molecule has 1 unspecified atom stereocenters. The van der Waals surface area contributed by atoms with Crippen LogP contribution in [0.25, 0.3) is 0 Å². The summed E-state index contributed by atoms with van der Waals surface area (Å²) in [5.74, 6) is 0.874. The van der Waals surface area contributed by atoms with E-state index in [4.69, 9.17) is 15.2 Å². The second kappa shape index (κ2) is 5.13. The van der Waals surface area contributed by atoms with E-state index in [2.05, 4.69) is 34.3 Å². The molecule has 0 saturated carbocycles. The van der Waals surface area contributed by atoms with Gasteiger partial charge in [-0.25, -0.2) is 0 Å². The number of benzene rings is 1. The van der Waals surface area contributed by atoms with Gasteiger partial charge in [-0.1, -0.05) is 6.08 Å². The molecular formula is C17H25NO2. The molecule has 3 nitrogen and oxygen atoms in total. The van der Waals surface area contributed by atoms with Gasteiger partial charge in [-0.15, -0.1) is 6.58 Å². The number of nitrogen functional groups attached to an aromatic ring is 1. The first-order valence-corrected chi connectivity index (χ1v) is 7.10. The first kappa shape index (κ1) is 14.9. The predicted molar refractivity (Wildman–Crippen MR) is 83.0 cm³/mol. The largest absolute Gasteiger partial charge is 0.487 e. The van der Waals surface area contributed by atoms with Gasteiger partial charge >= 0.3 is 0 Å². The quantitative estimate of drug-likeness (QED) is 0.673. The van der Waals surface area contributed by atoms with Crippen LogP contribution in [0, 0.1) is 0 Å². The van der Waals surface area contributed by atoms with E-state index in [1.54, 1.807) is 0 Å². The number of allylic oxidation sites excluding steroid dienone is 1. The van der Waals surface area contributed by atoms with Crippen molar-refractivity contribution in [2.45, 2.75) is 57.8 Å². The number of hydrogen-bond donors (Lipinski definition) is 1. The summed E-state index contributed by atoms with van der Waals surface area (Å²) in [5.41, 5.74) is 7.22. The van der Waals surface area contributed by atoms with Crippen molar-refractivity contribution in [1.82, 2.24) is 0 Å². The maximum Gasteiger partial charge on any atom is 0.130 e. The number of hydrogen-bond acceptors (Lipinski definition) is 3. The highest BCUT2D eigenvalue weighted by Gasteiger charge is 2.47. The molecule has 2 N–H and O–H groups in total. The summed E-state index contributed by atoms with van der Waals surface area (Å²) in [5, 5.41) is 0. The van der Waals surface area contributed by atoms with Crippen LogP contribution < -0.4 is 10.5 Å². The Hall–Kier alpha value is -1.48. The van der Waals surface area contributed by atoms with Gasteiger partial charge in [0, 0.05) is 12.1 Å². The van der Waals surface area contributed by atoms with Gasteiger partial charge in [0.25, 0.3) is 0 Å². The van der Waals surface area contributed by atoms with Gasteiger partial charge in [0.1, 0.15) is 17.5 Å². The molecule has 1 aromatic rings. The zero-order valence-corrected chi connectivity index (χ0v) is 12.9. The van der Waals surface area contributed by atoms with Gasteiger partial charge in [-0.05, 0) is 57.9 Å². The Morgan fingerprint density at radius 1 is 1.40 bits per heavy atom. The van der Waals surface area contributed by atoms with Crippen molar-refractivity contribution in [3.63, 3.8) is 0 Å². The van der Waals surface area contributed by atoms with Crippen LogP contribution in [0.4, 0.5) is 5.69 Å². The molecule has 3 heteroatoms. The van der Waals surface area contributed by atoms with Crippen LogP contribution in [0.15, 0.2) is 30.9 Å². The highest BCUT2D eigenvalue weighted by Crippen LogP contribution is 2.40. The molecule has 1 saturated heterocycles. The predicted octanol–water partition coefficient (Wildman–Crippen LogP) is 3.72. The van der Waals surface area contributed by atoms with Crippen LogP contribution in [0.3, 0.4) is 0 Å². The molecule has 1 aliphatic heterocycles. The van der Waals surface area contributed by atoms with Crippen LogP contribution in [0.5, 0.6) is 5.75 Å². The zero-order valence-electron chi connectivity index (χ0n) is 12.9. The fourth-order valence-corrected chi connectivity index (χ4v) is 2.88. The SMILES string of the molecule is C=CCc1cc(N)ccc1OC1CC(C)(C)OC1(C)C. The molecular weight excluding hydrogens is 250 g/mol. The Labute approximate surface area is 121 Å². The zero-order chi connectivity index (χ0) is 15.0. The van der Waals surface area contributed by atoms with Crippen molar-refractivity contribution in [2.75, 3.05) is 5.73 Å². The van der Waals surface area contributed by atoms with E-state index >= 15 is 0 Å². The van der Waals surface area contributed by atoms with Crippen molar-refractivity contribution in [3.05, 3.63) is 36.4 Å². The smallest absolute Gasteiger partial charge is 0.130 e. The highest BCUT2D eigenvalue weighted by atomic mass is 16.6. The maximum atomic E-state index is 6.24. The monoisotopic (exact) mass is 275 g/mol. The number of anilines is 1. The lowest BCUT2D eigenvalue weighted by molar-refractivity contribution is -0.0846. The van der Waals surface area contributed by atoms with E-state index in [0.717, 1.165) is 29.8 Å². The van der Waals surface area contributed by atoms with Crippen LogP contribution >= 0.6 is 0 Å². The third-order valence-electron chi connectivity index (χ3n) is 3.71. The third kappa shape index (κ3) is 3.15. The lowest BCUT2D eigenvalue weighted by Gasteiger charge is -2.28. The van der Waals surface area contributed by atoms with Gasteiger partial charge in [-0.2, -0.15) is 0 Å². The maximum absolute atomic E-state index is 6.24. The van der Waals surface area contributed by atoms with Crippen LogP contribution in [0.1, 0.15) is 39.7 Å². The first-order chi connectivity index (χ1) is 9.23. The Kier molecular flexibility index (Phi) is 3.83. The number of ether oxygens (including phenoxy) is 2. The van der Waals surface area contributed by atoms with Gasteiger partial charge in [0.15, 0.2) is 0 Å². The van der Waals surface area contributed by atoms with Crippen LogP contribution in [-0.2, 0) is 11.2 Å². The molecule has 1 heterocycles.